The van der Waals surface area contributed by atoms with Crippen molar-refractivity contribution in [3.8, 4) is 0 Å². The van der Waals surface area contributed by atoms with Crippen molar-refractivity contribution in [2.75, 3.05) is 0 Å². The summed E-state index contributed by atoms with van der Waals surface area (Å²) in [4.78, 5) is 0. The Labute approximate surface area is 122 Å². The molecule has 0 aliphatic heterocycles. The first-order valence-corrected chi connectivity index (χ1v) is 6.83. The van der Waals surface area contributed by atoms with Crippen molar-refractivity contribution in [1.29, 1.82) is 0 Å². The van der Waals surface area contributed by atoms with Crippen molar-refractivity contribution in [1.82, 2.24) is 5.43 Å². The van der Waals surface area contributed by atoms with E-state index < -0.39 is 11.9 Å². The largest absolute Gasteiger partial charge is 0.271 e. The molecule has 0 bridgehead atoms. The van der Waals surface area contributed by atoms with Crippen LogP contribution in [0.2, 0.25) is 13.7 Å². The first-order valence-electron chi connectivity index (χ1n) is 4.88. The molecule has 0 fully saturated rings. The molecular formula is C11H8Cl3FN2S. The van der Waals surface area contributed by atoms with Gasteiger partial charge < -0.3 is 0 Å². The molecule has 0 saturated heterocycles. The smallest absolute Gasteiger partial charge is 0.129 e. The van der Waals surface area contributed by atoms with E-state index in [-0.39, 0.29) is 0 Å². The van der Waals surface area contributed by atoms with Gasteiger partial charge in [0.1, 0.15) is 5.82 Å². The Balaban J connectivity index is 2.48. The van der Waals surface area contributed by atoms with Crippen LogP contribution in [0, 0.1) is 5.82 Å². The van der Waals surface area contributed by atoms with Gasteiger partial charge in [-0.25, -0.2) is 9.82 Å². The minimum atomic E-state index is -0.571. The Morgan fingerprint density at radius 1 is 1.17 bits per heavy atom. The molecule has 0 aliphatic rings. The average Bonchev–Trinajstić information content (AvgIpc) is 2.62. The zero-order chi connectivity index (χ0) is 13.3. The topological polar surface area (TPSA) is 38.0 Å². The number of benzene rings is 1. The van der Waals surface area contributed by atoms with Crippen molar-refractivity contribution in [3.63, 3.8) is 0 Å². The number of nitrogens with one attached hydrogen (secondary N) is 1. The second-order valence-corrected chi connectivity index (χ2v) is 6.27. The van der Waals surface area contributed by atoms with E-state index in [9.17, 15) is 4.39 Å². The first kappa shape index (κ1) is 14.1. The van der Waals surface area contributed by atoms with Crippen LogP contribution in [0.4, 0.5) is 4.39 Å². The van der Waals surface area contributed by atoms with E-state index in [1.807, 2.05) is 0 Å². The van der Waals surface area contributed by atoms with E-state index >= 15 is 0 Å². The number of halogens is 4. The van der Waals surface area contributed by atoms with Gasteiger partial charge in [0.15, 0.2) is 0 Å². The quantitative estimate of drug-likeness (QED) is 0.648. The molecule has 2 aromatic rings. The van der Waals surface area contributed by atoms with Crippen molar-refractivity contribution < 1.29 is 4.39 Å². The van der Waals surface area contributed by atoms with E-state index in [1.165, 1.54) is 17.4 Å². The molecule has 1 unspecified atom stereocenters. The lowest BCUT2D eigenvalue weighted by Gasteiger charge is -2.16. The average molecular weight is 326 g/mol. The number of nitrogens with two attached hydrogens (primary N) is 1. The van der Waals surface area contributed by atoms with Crippen LogP contribution in [-0.4, -0.2) is 0 Å². The van der Waals surface area contributed by atoms with Crippen LogP contribution in [0.15, 0.2) is 24.3 Å². The highest BCUT2D eigenvalue weighted by Crippen LogP contribution is 2.38. The molecule has 2 rings (SSSR count). The summed E-state index contributed by atoms with van der Waals surface area (Å²) in [6.07, 6.45) is 0. The Morgan fingerprint density at radius 3 is 2.39 bits per heavy atom. The van der Waals surface area contributed by atoms with Crippen LogP contribution in [-0.2, 0) is 0 Å². The summed E-state index contributed by atoms with van der Waals surface area (Å²) in [5.41, 5.74) is 3.52. The highest BCUT2D eigenvalue weighted by Gasteiger charge is 2.21. The molecule has 18 heavy (non-hydrogen) atoms. The van der Waals surface area contributed by atoms with Gasteiger partial charge in [-0.3, -0.25) is 5.84 Å². The Morgan fingerprint density at radius 2 is 1.89 bits per heavy atom. The maximum atomic E-state index is 13.9. The minimum Gasteiger partial charge on any atom is -0.271 e. The molecule has 0 amide bonds. The number of hydrazine groups is 1. The maximum Gasteiger partial charge on any atom is 0.129 e. The lowest BCUT2D eigenvalue weighted by Crippen LogP contribution is -2.29. The standard InChI is InChI=1S/C11H8Cl3FN2S/c12-5-1-2-6(8(15)3-5)10(17-16)7-4-9(13)18-11(7)14/h1-4,10,17H,16H2. The molecule has 1 aromatic carbocycles. The van der Waals surface area contributed by atoms with Crippen molar-refractivity contribution in [2.45, 2.75) is 6.04 Å². The van der Waals surface area contributed by atoms with Gasteiger partial charge >= 0.3 is 0 Å². The molecule has 2 nitrogen and oxygen atoms in total. The van der Waals surface area contributed by atoms with Gasteiger partial charge in [-0.1, -0.05) is 40.9 Å². The first-order chi connectivity index (χ1) is 8.52. The summed E-state index contributed by atoms with van der Waals surface area (Å²) in [6, 6.07) is 5.46. The molecule has 1 atom stereocenters. The zero-order valence-electron chi connectivity index (χ0n) is 8.88. The Bertz CT molecular complexity index is 573. The van der Waals surface area contributed by atoms with Crippen LogP contribution < -0.4 is 11.3 Å². The molecule has 7 heteroatoms. The van der Waals surface area contributed by atoms with Gasteiger partial charge in [0.25, 0.3) is 0 Å². The van der Waals surface area contributed by atoms with E-state index in [0.29, 0.717) is 24.8 Å². The maximum absolute atomic E-state index is 13.9. The fourth-order valence-corrected chi connectivity index (χ4v) is 3.32. The minimum absolute atomic E-state index is 0.321. The highest BCUT2D eigenvalue weighted by molar-refractivity contribution is 7.20. The lowest BCUT2D eigenvalue weighted by molar-refractivity contribution is 0.561. The van der Waals surface area contributed by atoms with E-state index in [4.69, 9.17) is 40.6 Å². The monoisotopic (exact) mass is 324 g/mol. The predicted octanol–water partition coefficient (Wildman–Crippen LogP) is 4.40. The van der Waals surface area contributed by atoms with Crippen LogP contribution in [0.1, 0.15) is 17.2 Å². The van der Waals surface area contributed by atoms with Crippen LogP contribution in [0.3, 0.4) is 0 Å². The van der Waals surface area contributed by atoms with Crippen molar-refractivity contribution >= 4 is 46.1 Å². The predicted molar refractivity (Wildman–Crippen MR) is 74.9 cm³/mol. The van der Waals surface area contributed by atoms with Crippen molar-refractivity contribution in [3.05, 3.63) is 54.9 Å². The van der Waals surface area contributed by atoms with Gasteiger partial charge in [0, 0.05) is 16.1 Å². The van der Waals surface area contributed by atoms with Gasteiger partial charge in [0.05, 0.1) is 14.7 Å². The molecule has 0 spiro atoms. The summed E-state index contributed by atoms with van der Waals surface area (Å²) in [5, 5.41) is 0.321. The number of hydrogen-bond donors (Lipinski definition) is 2. The Hall–Kier alpha value is -0.360. The summed E-state index contributed by atoms with van der Waals surface area (Å²) in [7, 11) is 0. The van der Waals surface area contributed by atoms with Crippen LogP contribution in [0.5, 0.6) is 0 Å². The normalized spacial score (nSPS) is 12.7. The molecule has 96 valence electrons. The highest BCUT2D eigenvalue weighted by atomic mass is 35.5. The molecular weight excluding hydrogens is 318 g/mol. The van der Waals surface area contributed by atoms with Gasteiger partial charge in [-0.05, 0) is 18.2 Å². The summed E-state index contributed by atoms with van der Waals surface area (Å²) < 4.78 is 14.8. The van der Waals surface area contributed by atoms with E-state index in [2.05, 4.69) is 5.43 Å². The van der Waals surface area contributed by atoms with Gasteiger partial charge in [-0.2, -0.15) is 0 Å². The summed E-state index contributed by atoms with van der Waals surface area (Å²) >= 11 is 18.8. The van der Waals surface area contributed by atoms with Gasteiger partial charge in [0.2, 0.25) is 0 Å². The second-order valence-electron chi connectivity index (χ2n) is 3.55. The number of hydrogen-bond acceptors (Lipinski definition) is 3. The lowest BCUT2D eigenvalue weighted by atomic mass is 10.0. The van der Waals surface area contributed by atoms with E-state index in [0.717, 1.165) is 0 Å². The van der Waals surface area contributed by atoms with Crippen molar-refractivity contribution in [2.24, 2.45) is 5.84 Å². The van der Waals surface area contributed by atoms with E-state index in [1.54, 1.807) is 18.2 Å². The third-order valence-electron chi connectivity index (χ3n) is 2.43. The molecule has 0 saturated carbocycles. The third kappa shape index (κ3) is 2.79. The third-order valence-corrected chi connectivity index (χ3v) is 4.19. The number of rotatable bonds is 3. The Kier molecular flexibility index (Phi) is 4.48. The summed E-state index contributed by atoms with van der Waals surface area (Å²) in [6.45, 7) is 0. The van der Waals surface area contributed by atoms with Gasteiger partial charge in [-0.15, -0.1) is 11.3 Å². The molecule has 1 aromatic heterocycles. The fourth-order valence-electron chi connectivity index (χ4n) is 1.63. The molecule has 0 radical (unpaired) electrons. The number of thiophene rings is 1. The van der Waals surface area contributed by atoms with Crippen LogP contribution in [0.25, 0.3) is 0 Å². The SMILES string of the molecule is NNC(c1ccc(Cl)cc1F)c1cc(Cl)sc1Cl. The molecule has 1 heterocycles. The summed E-state index contributed by atoms with van der Waals surface area (Å²) in [5.74, 6) is 5.02. The molecule has 0 aliphatic carbocycles. The second kappa shape index (κ2) is 5.74. The fraction of sp³-hybridized carbons (Fsp3) is 0.0909. The van der Waals surface area contributed by atoms with Crippen LogP contribution >= 0.6 is 46.1 Å². The molecule has 3 N–H and O–H groups in total. The zero-order valence-corrected chi connectivity index (χ0v) is 12.0.